The van der Waals surface area contributed by atoms with E-state index < -0.39 is 0 Å². The molecular formula is C15H24N2. The molecule has 17 heavy (non-hydrogen) atoms. The molecule has 3 unspecified atom stereocenters. The Labute approximate surface area is 105 Å². The Bertz CT molecular complexity index is 334. The highest BCUT2D eigenvalue weighted by molar-refractivity contribution is 5.19. The largest absolute Gasteiger partial charge is 0.328 e. The van der Waals surface area contributed by atoms with Gasteiger partial charge in [-0.05, 0) is 37.3 Å². The van der Waals surface area contributed by atoms with Crippen molar-refractivity contribution in [2.75, 3.05) is 19.6 Å². The van der Waals surface area contributed by atoms with Crippen molar-refractivity contribution < 1.29 is 0 Å². The zero-order chi connectivity index (χ0) is 12.3. The minimum atomic E-state index is 0.340. The molecule has 94 valence electrons. The molecule has 3 atom stereocenters. The summed E-state index contributed by atoms with van der Waals surface area (Å²) >= 11 is 0. The molecule has 1 saturated heterocycles. The molecule has 0 amide bonds. The predicted octanol–water partition coefficient (Wildman–Crippen LogP) is 2.46. The minimum absolute atomic E-state index is 0.340. The van der Waals surface area contributed by atoms with E-state index in [1.165, 1.54) is 25.1 Å². The van der Waals surface area contributed by atoms with E-state index in [4.69, 9.17) is 5.73 Å². The van der Waals surface area contributed by atoms with Gasteiger partial charge in [-0.1, -0.05) is 37.3 Å². The molecule has 2 rings (SSSR count). The fraction of sp³-hybridized carbons (Fsp3) is 0.600. The number of nitrogens with zero attached hydrogens (tertiary/aromatic N) is 1. The van der Waals surface area contributed by atoms with Crippen LogP contribution in [0, 0.1) is 5.92 Å². The standard InChI is InChI=1S/C15H24N2/c1-12(14-6-4-3-5-7-14)10-17-9-8-15(11-17)13(2)16/h3-7,12-13,15H,8-11,16H2,1-2H3. The van der Waals surface area contributed by atoms with Crippen LogP contribution in [0.25, 0.3) is 0 Å². The lowest BCUT2D eigenvalue weighted by Crippen LogP contribution is -2.31. The van der Waals surface area contributed by atoms with Crippen molar-refractivity contribution in [3.05, 3.63) is 35.9 Å². The van der Waals surface area contributed by atoms with Crippen LogP contribution in [-0.2, 0) is 0 Å². The first-order valence-corrected chi connectivity index (χ1v) is 6.69. The maximum absolute atomic E-state index is 5.98. The fourth-order valence-electron chi connectivity index (χ4n) is 2.73. The van der Waals surface area contributed by atoms with Crippen molar-refractivity contribution >= 4 is 0 Å². The van der Waals surface area contributed by atoms with Gasteiger partial charge in [0.2, 0.25) is 0 Å². The molecule has 1 aliphatic heterocycles. The molecule has 0 spiro atoms. The van der Waals surface area contributed by atoms with Crippen LogP contribution in [0.5, 0.6) is 0 Å². The van der Waals surface area contributed by atoms with Crippen molar-refractivity contribution in [3.8, 4) is 0 Å². The maximum Gasteiger partial charge on any atom is 0.00514 e. The first-order valence-electron chi connectivity index (χ1n) is 6.69. The summed E-state index contributed by atoms with van der Waals surface area (Å²) in [6.07, 6.45) is 1.26. The van der Waals surface area contributed by atoms with Gasteiger partial charge >= 0.3 is 0 Å². The summed E-state index contributed by atoms with van der Waals surface area (Å²) in [5.41, 5.74) is 7.42. The van der Waals surface area contributed by atoms with Crippen LogP contribution < -0.4 is 5.73 Å². The van der Waals surface area contributed by atoms with E-state index in [0.29, 0.717) is 17.9 Å². The van der Waals surface area contributed by atoms with Crippen molar-refractivity contribution in [1.29, 1.82) is 0 Å². The molecule has 2 nitrogen and oxygen atoms in total. The van der Waals surface area contributed by atoms with Gasteiger partial charge in [0.25, 0.3) is 0 Å². The van der Waals surface area contributed by atoms with Crippen molar-refractivity contribution in [1.82, 2.24) is 4.90 Å². The summed E-state index contributed by atoms with van der Waals surface area (Å²) in [6.45, 7) is 7.99. The van der Waals surface area contributed by atoms with Crippen molar-refractivity contribution in [2.24, 2.45) is 11.7 Å². The van der Waals surface area contributed by atoms with Crippen LogP contribution in [0.1, 0.15) is 31.7 Å². The Morgan fingerprint density at radius 1 is 1.29 bits per heavy atom. The second kappa shape index (κ2) is 5.65. The normalized spacial score (nSPS) is 24.8. The van der Waals surface area contributed by atoms with Crippen molar-refractivity contribution in [2.45, 2.75) is 32.2 Å². The Morgan fingerprint density at radius 3 is 2.59 bits per heavy atom. The van der Waals surface area contributed by atoms with Crippen molar-refractivity contribution in [3.63, 3.8) is 0 Å². The molecule has 2 heteroatoms. The Morgan fingerprint density at radius 2 is 2.00 bits per heavy atom. The van der Waals surface area contributed by atoms with Gasteiger partial charge in [0, 0.05) is 19.1 Å². The van der Waals surface area contributed by atoms with Gasteiger partial charge in [0.15, 0.2) is 0 Å². The molecule has 2 N–H and O–H groups in total. The third-order valence-electron chi connectivity index (χ3n) is 3.95. The quantitative estimate of drug-likeness (QED) is 0.864. The first-order chi connectivity index (χ1) is 8.16. The van der Waals surface area contributed by atoms with Crippen LogP contribution in [0.4, 0.5) is 0 Å². The third kappa shape index (κ3) is 3.30. The Kier molecular flexibility index (Phi) is 4.19. The summed E-state index contributed by atoms with van der Waals surface area (Å²) in [4.78, 5) is 2.56. The van der Waals surface area contributed by atoms with Crippen LogP contribution in [-0.4, -0.2) is 30.6 Å². The second-order valence-corrected chi connectivity index (χ2v) is 5.48. The highest BCUT2D eigenvalue weighted by Gasteiger charge is 2.25. The molecule has 0 bridgehead atoms. The van der Waals surface area contributed by atoms with E-state index in [0.717, 1.165) is 6.54 Å². The number of benzene rings is 1. The fourth-order valence-corrected chi connectivity index (χ4v) is 2.73. The molecule has 1 fully saturated rings. The van der Waals surface area contributed by atoms with Crippen LogP contribution in [0.15, 0.2) is 30.3 Å². The second-order valence-electron chi connectivity index (χ2n) is 5.48. The average molecular weight is 232 g/mol. The molecule has 0 aromatic heterocycles. The molecule has 1 aliphatic rings. The summed E-state index contributed by atoms with van der Waals surface area (Å²) in [5, 5.41) is 0. The van der Waals surface area contributed by atoms with E-state index >= 15 is 0 Å². The zero-order valence-electron chi connectivity index (χ0n) is 11.0. The Hall–Kier alpha value is -0.860. The monoisotopic (exact) mass is 232 g/mol. The number of likely N-dealkylation sites (tertiary alicyclic amines) is 1. The summed E-state index contributed by atoms with van der Waals surface area (Å²) in [6, 6.07) is 11.1. The van der Waals surface area contributed by atoms with Gasteiger partial charge < -0.3 is 10.6 Å². The van der Waals surface area contributed by atoms with E-state index in [-0.39, 0.29) is 0 Å². The number of rotatable bonds is 4. The van der Waals surface area contributed by atoms with Crippen LogP contribution >= 0.6 is 0 Å². The van der Waals surface area contributed by atoms with E-state index in [9.17, 15) is 0 Å². The zero-order valence-corrected chi connectivity index (χ0v) is 11.0. The molecule has 1 heterocycles. The first kappa shape index (κ1) is 12.6. The smallest absolute Gasteiger partial charge is 0.00514 e. The van der Waals surface area contributed by atoms with Gasteiger partial charge in [-0.3, -0.25) is 0 Å². The molecular weight excluding hydrogens is 208 g/mol. The van der Waals surface area contributed by atoms with Gasteiger partial charge in [-0.25, -0.2) is 0 Å². The lowest BCUT2D eigenvalue weighted by atomic mass is 10.0. The molecule has 0 radical (unpaired) electrons. The van der Waals surface area contributed by atoms with Gasteiger partial charge in [0.05, 0.1) is 0 Å². The van der Waals surface area contributed by atoms with Gasteiger partial charge in [-0.15, -0.1) is 0 Å². The van der Waals surface area contributed by atoms with Gasteiger partial charge in [-0.2, -0.15) is 0 Å². The van der Waals surface area contributed by atoms with Gasteiger partial charge in [0.1, 0.15) is 0 Å². The van der Waals surface area contributed by atoms with Crippen LogP contribution in [0.2, 0.25) is 0 Å². The molecule has 1 aromatic carbocycles. The third-order valence-corrected chi connectivity index (χ3v) is 3.95. The topological polar surface area (TPSA) is 29.3 Å². The van der Waals surface area contributed by atoms with E-state index in [1.807, 2.05) is 0 Å². The Balaban J connectivity index is 1.86. The summed E-state index contributed by atoms with van der Waals surface area (Å²) in [7, 11) is 0. The molecule has 0 aliphatic carbocycles. The molecule has 0 saturated carbocycles. The highest BCUT2D eigenvalue weighted by atomic mass is 15.1. The minimum Gasteiger partial charge on any atom is -0.328 e. The highest BCUT2D eigenvalue weighted by Crippen LogP contribution is 2.23. The lowest BCUT2D eigenvalue weighted by molar-refractivity contribution is 0.300. The van der Waals surface area contributed by atoms with Crippen LogP contribution in [0.3, 0.4) is 0 Å². The number of nitrogens with two attached hydrogens (primary N) is 1. The maximum atomic E-state index is 5.98. The summed E-state index contributed by atoms with van der Waals surface area (Å²) in [5.74, 6) is 1.31. The number of hydrogen-bond acceptors (Lipinski definition) is 2. The molecule has 1 aromatic rings. The SMILES string of the molecule is CC(CN1CCC(C(C)N)C1)c1ccccc1. The number of hydrogen-bond donors (Lipinski definition) is 1. The average Bonchev–Trinajstić information content (AvgIpc) is 2.79. The lowest BCUT2D eigenvalue weighted by Gasteiger charge is -2.22. The predicted molar refractivity (Wildman–Crippen MR) is 73.1 cm³/mol. The van der Waals surface area contributed by atoms with E-state index in [2.05, 4.69) is 49.1 Å². The summed E-state index contributed by atoms with van der Waals surface area (Å²) < 4.78 is 0. The van der Waals surface area contributed by atoms with E-state index in [1.54, 1.807) is 0 Å².